The molecule has 60 heavy (non-hydrogen) atoms. The Bertz CT molecular complexity index is 2150. The highest BCUT2D eigenvalue weighted by Crippen LogP contribution is 2.28. The minimum atomic E-state index is -0.645. The summed E-state index contributed by atoms with van der Waals surface area (Å²) in [6.07, 6.45) is 2.48. The fourth-order valence-corrected chi connectivity index (χ4v) is 5.73. The van der Waals surface area contributed by atoms with Crippen LogP contribution in [0.25, 0.3) is 22.5 Å². The average molecular weight is 839 g/mol. The van der Waals surface area contributed by atoms with Crippen molar-refractivity contribution in [3.05, 3.63) is 155 Å². The molecule has 0 saturated heterocycles. The zero-order valence-electron chi connectivity index (χ0n) is 36.7. The predicted octanol–water partition coefficient (Wildman–Crippen LogP) is 12.3. The molecule has 7 nitrogen and oxygen atoms in total. The van der Waals surface area contributed by atoms with Gasteiger partial charge in [-0.2, -0.15) is 10.2 Å². The molecule has 6 aromatic rings. The van der Waals surface area contributed by atoms with Crippen molar-refractivity contribution in [2.24, 2.45) is 10.8 Å². The monoisotopic (exact) mass is 837 g/mol. The van der Waals surface area contributed by atoms with Gasteiger partial charge in [0.15, 0.2) is 11.6 Å². The van der Waals surface area contributed by atoms with E-state index < -0.39 is 11.2 Å². The Morgan fingerprint density at radius 2 is 1.00 bits per heavy atom. The smallest absolute Gasteiger partial charge is 0.252 e. The van der Waals surface area contributed by atoms with Gasteiger partial charge in [-0.1, -0.05) is 184 Å². The molecular formula is C50H62ClF2N5O2. The quantitative estimate of drug-likeness (QED) is 0.131. The summed E-state index contributed by atoms with van der Waals surface area (Å²) in [5.41, 5.74) is 4.28. The first-order valence-electron chi connectivity index (χ1n) is 20.7. The summed E-state index contributed by atoms with van der Waals surface area (Å²) >= 11 is 5.11. The minimum absolute atomic E-state index is 0.207. The van der Waals surface area contributed by atoms with Gasteiger partial charge in [-0.15, -0.1) is 0 Å². The van der Waals surface area contributed by atoms with E-state index in [1.165, 1.54) is 29.9 Å². The maximum atomic E-state index is 15.2. The van der Waals surface area contributed by atoms with Crippen LogP contribution in [0.4, 0.5) is 8.78 Å². The summed E-state index contributed by atoms with van der Waals surface area (Å²) in [4.78, 5) is 25.4. The highest BCUT2D eigenvalue weighted by Gasteiger charge is 2.30. The second-order valence-corrected chi connectivity index (χ2v) is 16.6. The lowest BCUT2D eigenvalue weighted by Gasteiger charge is -2.17. The fourth-order valence-electron chi connectivity index (χ4n) is 5.73. The van der Waals surface area contributed by atoms with Crippen molar-refractivity contribution < 1.29 is 18.4 Å². The third kappa shape index (κ3) is 15.4. The van der Waals surface area contributed by atoms with E-state index in [0.29, 0.717) is 41.9 Å². The molecule has 0 radical (unpaired) electrons. The lowest BCUT2D eigenvalue weighted by Crippen LogP contribution is -2.29. The summed E-state index contributed by atoms with van der Waals surface area (Å²) in [5, 5.41) is 11.0. The summed E-state index contributed by atoms with van der Waals surface area (Å²) in [6.45, 7) is 20.9. The molecule has 0 amide bonds. The number of nitrogens with zero attached hydrogens (tertiary/aromatic N) is 4. The second-order valence-electron chi connectivity index (χ2n) is 16.3. The van der Waals surface area contributed by atoms with Crippen molar-refractivity contribution >= 4 is 22.8 Å². The Morgan fingerprint density at radius 1 is 0.600 bits per heavy atom. The number of halogens is 3. The average Bonchev–Trinajstić information content (AvgIpc) is 3.78. The molecule has 6 rings (SSSR count). The number of hydrogen-bond donors (Lipinski definition) is 1. The summed E-state index contributed by atoms with van der Waals surface area (Å²) in [5.74, 6) is -0.862. The van der Waals surface area contributed by atoms with Crippen LogP contribution in [-0.2, 0) is 30.5 Å². The molecule has 0 saturated carbocycles. The number of carbonyl (C=O) groups excluding carboxylic acids is 2. The Balaban J connectivity index is 0.000000248. The summed E-state index contributed by atoms with van der Waals surface area (Å²) in [7, 11) is 0. The van der Waals surface area contributed by atoms with Crippen molar-refractivity contribution in [2.45, 2.75) is 88.0 Å². The molecule has 0 bridgehead atoms. The molecule has 0 aliphatic carbocycles. The largest absolute Gasteiger partial charge is 0.304 e. The lowest BCUT2D eigenvalue weighted by atomic mass is 9.95. The second kappa shape index (κ2) is 24.1. The number of aromatic nitrogens is 4. The van der Waals surface area contributed by atoms with Gasteiger partial charge in [0, 0.05) is 22.0 Å². The van der Waals surface area contributed by atoms with Crippen molar-refractivity contribution in [3.8, 4) is 22.5 Å². The van der Waals surface area contributed by atoms with Crippen LogP contribution in [0.15, 0.2) is 121 Å². The zero-order chi connectivity index (χ0) is 44.3. The molecule has 0 aliphatic rings. The number of rotatable bonds is 11. The summed E-state index contributed by atoms with van der Waals surface area (Å²) in [6, 6.07) is 38.5. The SMILES string of the molecule is CC(C)(C)C(=O)Cl.CC(C)(C)C(=O)n1nc(-c2ccccc2)c(F)c1CCc1ccccc1.CCN(CC)CC.Fc1c(-c2ccccc2)n[nH]c1CCc1ccccc1. The van der Waals surface area contributed by atoms with Gasteiger partial charge in [-0.25, -0.2) is 13.5 Å². The van der Waals surface area contributed by atoms with E-state index in [4.69, 9.17) is 11.6 Å². The number of benzene rings is 4. The van der Waals surface area contributed by atoms with Gasteiger partial charge < -0.3 is 4.90 Å². The van der Waals surface area contributed by atoms with E-state index in [9.17, 15) is 14.0 Å². The molecule has 4 aromatic carbocycles. The van der Waals surface area contributed by atoms with E-state index >= 15 is 4.39 Å². The molecule has 10 heteroatoms. The van der Waals surface area contributed by atoms with Crippen LogP contribution in [0.3, 0.4) is 0 Å². The van der Waals surface area contributed by atoms with Crippen LogP contribution in [0.1, 0.15) is 89.6 Å². The maximum absolute atomic E-state index is 15.2. The van der Waals surface area contributed by atoms with E-state index in [1.54, 1.807) is 32.9 Å². The topological polar surface area (TPSA) is 83.9 Å². The standard InChI is InChI=1S/C22H23FN2O.C17H15FN2.C6H15N.C5H9ClO/c1-22(2,3)21(26)25-18(15-14-16-10-6-4-7-11-16)19(23)20(24-25)17-12-8-5-9-13-17;18-16-15(12-11-13-7-3-1-4-8-13)19-20-17(16)14-9-5-2-6-10-14;1-4-7(5-2)6-3;1-5(2,3)4(6)7/h4-13H,14-15H2,1-3H3;1-10H,11-12H2,(H,19,20);4-6H2,1-3H3;1-3H3. The molecule has 0 spiro atoms. The van der Waals surface area contributed by atoms with Crippen LogP contribution in [0, 0.1) is 22.5 Å². The van der Waals surface area contributed by atoms with Crippen molar-refractivity contribution in [1.82, 2.24) is 24.9 Å². The number of H-pyrrole nitrogens is 1. The van der Waals surface area contributed by atoms with E-state index in [1.807, 2.05) is 130 Å². The van der Waals surface area contributed by atoms with Gasteiger partial charge in [-0.05, 0) is 68.0 Å². The van der Waals surface area contributed by atoms with E-state index in [0.717, 1.165) is 17.5 Å². The van der Waals surface area contributed by atoms with Crippen LogP contribution < -0.4 is 0 Å². The molecule has 0 aliphatic heterocycles. The number of carbonyl (C=O) groups is 2. The first-order chi connectivity index (χ1) is 28.5. The number of aryl methyl sites for hydroxylation is 3. The Morgan fingerprint density at radius 3 is 1.38 bits per heavy atom. The van der Waals surface area contributed by atoms with E-state index in [2.05, 4.69) is 41.0 Å². The third-order valence-corrected chi connectivity index (χ3v) is 10.1. The highest BCUT2D eigenvalue weighted by molar-refractivity contribution is 6.64. The van der Waals surface area contributed by atoms with Gasteiger partial charge in [0.2, 0.25) is 5.24 Å². The van der Waals surface area contributed by atoms with Gasteiger partial charge in [0.05, 0.1) is 11.4 Å². The first kappa shape index (κ1) is 49.1. The van der Waals surface area contributed by atoms with Gasteiger partial charge in [-0.3, -0.25) is 14.7 Å². The van der Waals surface area contributed by atoms with Crippen molar-refractivity contribution in [3.63, 3.8) is 0 Å². The Hall–Kier alpha value is -5.25. The molecule has 0 unspecified atom stereocenters. The van der Waals surface area contributed by atoms with Crippen LogP contribution in [0.2, 0.25) is 0 Å². The Kier molecular flexibility index (Phi) is 19.7. The molecule has 0 fully saturated rings. The van der Waals surface area contributed by atoms with Gasteiger partial charge in [0.1, 0.15) is 11.4 Å². The number of nitrogens with one attached hydrogen (secondary N) is 1. The minimum Gasteiger partial charge on any atom is -0.304 e. The van der Waals surface area contributed by atoms with E-state index in [-0.39, 0.29) is 28.1 Å². The highest BCUT2D eigenvalue weighted by atomic mass is 35.5. The molecule has 2 aromatic heterocycles. The van der Waals surface area contributed by atoms with Crippen LogP contribution in [-0.4, -0.2) is 55.7 Å². The molecule has 320 valence electrons. The van der Waals surface area contributed by atoms with Gasteiger partial charge in [0.25, 0.3) is 5.91 Å². The van der Waals surface area contributed by atoms with Gasteiger partial charge >= 0.3 is 0 Å². The summed E-state index contributed by atoms with van der Waals surface area (Å²) < 4.78 is 30.8. The lowest BCUT2D eigenvalue weighted by molar-refractivity contribution is -0.118. The maximum Gasteiger partial charge on any atom is 0.252 e. The van der Waals surface area contributed by atoms with Crippen molar-refractivity contribution in [2.75, 3.05) is 19.6 Å². The molecule has 1 N–H and O–H groups in total. The Labute approximate surface area is 361 Å². The normalized spacial score (nSPS) is 11.1. The van der Waals surface area contributed by atoms with Crippen molar-refractivity contribution in [1.29, 1.82) is 0 Å². The number of aromatic amines is 1. The third-order valence-electron chi connectivity index (χ3n) is 9.55. The zero-order valence-corrected chi connectivity index (χ0v) is 37.5. The molecular weight excluding hydrogens is 776 g/mol. The van der Waals surface area contributed by atoms with Crippen LogP contribution >= 0.6 is 11.6 Å². The molecule has 0 atom stereocenters. The predicted molar refractivity (Wildman–Crippen MR) is 243 cm³/mol. The first-order valence-corrected chi connectivity index (χ1v) is 21.0. The fraction of sp³-hybridized carbons (Fsp3) is 0.360. The molecule has 2 heterocycles. The number of hydrogen-bond acceptors (Lipinski definition) is 5. The van der Waals surface area contributed by atoms with Crippen LogP contribution in [0.5, 0.6) is 0 Å².